The Bertz CT molecular complexity index is 692. The summed E-state index contributed by atoms with van der Waals surface area (Å²) < 4.78 is 6.11. The van der Waals surface area contributed by atoms with Crippen molar-refractivity contribution in [3.8, 4) is 5.75 Å². The van der Waals surface area contributed by atoms with E-state index in [1.165, 1.54) is 24.0 Å². The van der Waals surface area contributed by atoms with Crippen molar-refractivity contribution >= 4 is 36.6 Å². The lowest BCUT2D eigenvalue weighted by Gasteiger charge is -2.33. The van der Waals surface area contributed by atoms with Crippen molar-refractivity contribution in [1.29, 1.82) is 10.8 Å². The highest BCUT2D eigenvalue weighted by molar-refractivity contribution is 5.85. The van der Waals surface area contributed by atoms with Crippen LogP contribution in [-0.4, -0.2) is 47.8 Å². The Kier molecular flexibility index (Phi) is 11.3. The fraction of sp³-hybridized carbons (Fsp3) is 0.636. The molecule has 170 valence electrons. The molecular weight excluding hydrogens is 421 g/mol. The summed E-state index contributed by atoms with van der Waals surface area (Å²) in [5, 5.41) is 15.9. The minimum atomic E-state index is 0. The quantitative estimate of drug-likeness (QED) is 0.320. The number of ether oxygens (including phenoxy) is 1. The van der Waals surface area contributed by atoms with E-state index in [0.717, 1.165) is 69.9 Å². The van der Waals surface area contributed by atoms with Gasteiger partial charge in [-0.05, 0) is 54.9 Å². The highest BCUT2D eigenvalue weighted by Gasteiger charge is 2.22. The molecule has 0 saturated carbocycles. The zero-order valence-corrected chi connectivity index (χ0v) is 19.6. The largest absolute Gasteiger partial charge is 0.493 e. The van der Waals surface area contributed by atoms with E-state index in [-0.39, 0.29) is 30.8 Å². The summed E-state index contributed by atoms with van der Waals surface area (Å²) in [4.78, 5) is 4.15. The Hall–Kier alpha value is -1.66. The first-order valence-corrected chi connectivity index (χ1v) is 10.7. The predicted octanol–water partition coefficient (Wildman–Crippen LogP) is 4.43. The van der Waals surface area contributed by atoms with Gasteiger partial charge in [-0.1, -0.05) is 25.8 Å². The van der Waals surface area contributed by atoms with Crippen molar-refractivity contribution in [2.24, 2.45) is 11.7 Å². The number of rotatable bonds is 7. The average Bonchev–Trinajstić information content (AvgIpc) is 2.72. The Morgan fingerprint density at radius 2 is 1.80 bits per heavy atom. The van der Waals surface area contributed by atoms with E-state index in [2.05, 4.69) is 30.0 Å². The summed E-state index contributed by atoms with van der Waals surface area (Å²) >= 11 is 0. The zero-order chi connectivity index (χ0) is 19.9. The Morgan fingerprint density at radius 3 is 2.47 bits per heavy atom. The third kappa shape index (κ3) is 7.24. The van der Waals surface area contributed by atoms with Gasteiger partial charge in [0, 0.05) is 32.6 Å². The van der Waals surface area contributed by atoms with E-state index in [9.17, 15) is 0 Å². The highest BCUT2D eigenvalue weighted by Crippen LogP contribution is 2.25. The summed E-state index contributed by atoms with van der Waals surface area (Å²) in [6, 6.07) is 6.34. The van der Waals surface area contributed by atoms with Crippen molar-refractivity contribution in [2.75, 3.05) is 26.2 Å². The molecule has 0 radical (unpaired) electrons. The summed E-state index contributed by atoms with van der Waals surface area (Å²) in [6.45, 7) is 6.42. The van der Waals surface area contributed by atoms with Gasteiger partial charge in [0.1, 0.15) is 5.75 Å². The van der Waals surface area contributed by atoms with E-state index < -0.39 is 0 Å². The number of hydrogen-bond acceptors (Lipinski definition) is 3. The molecule has 0 amide bonds. The number of benzene rings is 1. The molecule has 0 atom stereocenters. The summed E-state index contributed by atoms with van der Waals surface area (Å²) in [7, 11) is 0. The number of nitrogens with one attached hydrogen (secondary N) is 2. The van der Waals surface area contributed by atoms with Gasteiger partial charge in [-0.15, -0.1) is 24.8 Å². The first-order chi connectivity index (χ1) is 13.6. The molecule has 0 aromatic heterocycles. The monoisotopic (exact) mass is 457 g/mol. The first kappa shape index (κ1) is 26.4. The number of piperidine rings is 1. The molecule has 0 unspecified atom stereocenters. The number of nitrogens with two attached hydrogens (primary N) is 1. The lowest BCUT2D eigenvalue weighted by atomic mass is 9.97. The molecule has 1 saturated heterocycles. The highest BCUT2D eigenvalue weighted by atomic mass is 35.5. The molecule has 30 heavy (non-hydrogen) atoms. The fourth-order valence-corrected chi connectivity index (χ4v) is 4.11. The van der Waals surface area contributed by atoms with Gasteiger partial charge >= 0.3 is 0 Å². The maximum Gasteiger partial charge on any atom is 0.188 e. The van der Waals surface area contributed by atoms with Crippen LogP contribution >= 0.6 is 24.8 Å². The Labute approximate surface area is 193 Å². The van der Waals surface area contributed by atoms with Crippen molar-refractivity contribution in [1.82, 2.24) is 9.80 Å². The number of fused-ring (bicyclic) bond motifs is 1. The molecule has 8 heteroatoms. The fourth-order valence-electron chi connectivity index (χ4n) is 4.11. The van der Waals surface area contributed by atoms with Crippen LogP contribution in [-0.2, 0) is 13.0 Å². The van der Waals surface area contributed by atoms with E-state index in [1.54, 1.807) is 0 Å². The van der Waals surface area contributed by atoms with Crippen LogP contribution in [0.15, 0.2) is 18.2 Å². The van der Waals surface area contributed by atoms with Gasteiger partial charge in [-0.25, -0.2) is 0 Å². The summed E-state index contributed by atoms with van der Waals surface area (Å²) in [6.07, 6.45) is 7.61. The van der Waals surface area contributed by atoms with Gasteiger partial charge in [0.15, 0.2) is 5.96 Å². The van der Waals surface area contributed by atoms with Crippen LogP contribution in [0.5, 0.6) is 5.75 Å². The molecule has 1 aromatic rings. The van der Waals surface area contributed by atoms with E-state index in [4.69, 9.17) is 21.3 Å². The number of likely N-dealkylation sites (tertiary alicyclic amines) is 1. The minimum Gasteiger partial charge on any atom is -0.493 e. The molecule has 0 bridgehead atoms. The Balaban J connectivity index is 0.00000225. The minimum absolute atomic E-state index is 0. The third-order valence-electron chi connectivity index (χ3n) is 6.03. The number of halogens is 2. The van der Waals surface area contributed by atoms with Crippen LogP contribution in [0.2, 0.25) is 0 Å². The molecule has 2 aliphatic rings. The number of amidine groups is 1. The van der Waals surface area contributed by atoms with Crippen LogP contribution in [0.1, 0.15) is 56.6 Å². The maximum atomic E-state index is 8.27. The molecule has 2 aliphatic heterocycles. The van der Waals surface area contributed by atoms with E-state index >= 15 is 0 Å². The molecular formula is C22H37Cl2N5O. The second kappa shape index (κ2) is 12.9. The van der Waals surface area contributed by atoms with Crippen LogP contribution in [0.4, 0.5) is 0 Å². The summed E-state index contributed by atoms with van der Waals surface area (Å²) in [5.74, 6) is 2.44. The lowest BCUT2D eigenvalue weighted by molar-refractivity contribution is 0.179. The van der Waals surface area contributed by atoms with Gasteiger partial charge in [0.05, 0.1) is 12.4 Å². The number of guanidine groups is 1. The Morgan fingerprint density at radius 1 is 1.07 bits per heavy atom. The van der Waals surface area contributed by atoms with Gasteiger partial charge < -0.3 is 20.3 Å². The second-order valence-electron chi connectivity index (χ2n) is 8.13. The number of nitrogens with zero attached hydrogens (tertiary/aromatic N) is 2. The smallest absolute Gasteiger partial charge is 0.188 e. The van der Waals surface area contributed by atoms with Gasteiger partial charge in [-0.3, -0.25) is 10.8 Å². The maximum absolute atomic E-state index is 8.27. The van der Waals surface area contributed by atoms with Gasteiger partial charge in [-0.2, -0.15) is 0 Å². The summed E-state index contributed by atoms with van der Waals surface area (Å²) in [5.41, 5.74) is 8.19. The van der Waals surface area contributed by atoms with Crippen LogP contribution in [0, 0.1) is 16.7 Å². The standard InChI is InChI=1S/C22H35N5O.2ClH/c1-2-3-4-5-21(23)26-11-8-17(9-12-26)16-28-20-7-6-18-10-13-27(22(24)25)15-19(18)14-20;;/h6-7,14,17,23H,2-5,8-13,15-16H2,1H3,(H3,24,25);2*1H. The number of hydrogen-bond donors (Lipinski definition) is 3. The van der Waals surface area contributed by atoms with Crippen molar-refractivity contribution in [3.05, 3.63) is 29.3 Å². The molecule has 0 aliphatic carbocycles. The molecule has 3 rings (SSSR count). The molecule has 1 aromatic carbocycles. The topological polar surface area (TPSA) is 89.4 Å². The molecule has 0 spiro atoms. The SMILES string of the molecule is CCCCCC(=N)N1CCC(COc2ccc3c(c2)CN(C(=N)N)CC3)CC1.Cl.Cl. The normalized spacial score (nSPS) is 16.2. The lowest BCUT2D eigenvalue weighted by Crippen LogP contribution is -2.40. The zero-order valence-electron chi connectivity index (χ0n) is 18.0. The van der Waals surface area contributed by atoms with Crippen LogP contribution in [0.25, 0.3) is 0 Å². The average molecular weight is 458 g/mol. The second-order valence-corrected chi connectivity index (χ2v) is 8.13. The molecule has 2 heterocycles. The van der Waals surface area contributed by atoms with E-state index in [1.807, 2.05) is 4.90 Å². The van der Waals surface area contributed by atoms with Crippen LogP contribution in [0.3, 0.4) is 0 Å². The van der Waals surface area contributed by atoms with Crippen molar-refractivity contribution < 1.29 is 4.74 Å². The molecule has 4 N–H and O–H groups in total. The number of unbranched alkanes of at least 4 members (excludes halogenated alkanes) is 2. The molecule has 1 fully saturated rings. The van der Waals surface area contributed by atoms with Crippen molar-refractivity contribution in [2.45, 2.75) is 58.4 Å². The van der Waals surface area contributed by atoms with Gasteiger partial charge in [0.25, 0.3) is 0 Å². The first-order valence-electron chi connectivity index (χ1n) is 10.7. The third-order valence-corrected chi connectivity index (χ3v) is 6.03. The van der Waals surface area contributed by atoms with Gasteiger partial charge in [0.2, 0.25) is 0 Å². The predicted molar refractivity (Wildman–Crippen MR) is 129 cm³/mol. The van der Waals surface area contributed by atoms with E-state index in [0.29, 0.717) is 12.5 Å². The molecule has 6 nitrogen and oxygen atoms in total. The van der Waals surface area contributed by atoms with Crippen LogP contribution < -0.4 is 10.5 Å². The van der Waals surface area contributed by atoms with Crippen molar-refractivity contribution in [3.63, 3.8) is 0 Å².